The summed E-state index contributed by atoms with van der Waals surface area (Å²) in [6, 6.07) is 25.1. The van der Waals surface area contributed by atoms with Crippen LogP contribution in [0.5, 0.6) is 11.8 Å². The maximum atomic E-state index is 13.3. The Kier molecular flexibility index (Phi) is 18.8. The zero-order valence-corrected chi connectivity index (χ0v) is 51.5. The number of anilines is 1. The number of carbonyl (C=O) groups excluding carboxylic acids is 2. The summed E-state index contributed by atoms with van der Waals surface area (Å²) in [7, 11) is -8.06. The van der Waals surface area contributed by atoms with Crippen molar-refractivity contribution in [3.63, 3.8) is 0 Å². The van der Waals surface area contributed by atoms with Crippen molar-refractivity contribution in [3.8, 4) is 23.4 Å². The Labute approximate surface area is 452 Å². The van der Waals surface area contributed by atoms with Gasteiger partial charge in [-0.3, -0.25) is 0 Å². The average Bonchev–Trinajstić information content (AvgIpc) is 4.13. The predicted octanol–water partition coefficient (Wildman–Crippen LogP) is 8.96. The molecule has 3 N–H and O–H groups in total. The average molecular weight is 1210 g/mol. The molecule has 6 aromatic rings. The zero-order chi connectivity index (χ0) is 55.1. The van der Waals surface area contributed by atoms with Crippen LogP contribution in [0, 0.1) is 11.8 Å². The third-order valence-electron chi connectivity index (χ3n) is 11.8. The van der Waals surface area contributed by atoms with Crippen molar-refractivity contribution in [1.29, 1.82) is 0 Å². The van der Waals surface area contributed by atoms with Crippen LogP contribution in [0.15, 0.2) is 119 Å². The van der Waals surface area contributed by atoms with E-state index in [1.165, 1.54) is 54.0 Å². The monoisotopic (exact) mass is 1210 g/mol. The van der Waals surface area contributed by atoms with E-state index in [0.29, 0.717) is 58.1 Å². The normalized spacial score (nSPS) is 17.2. The molecule has 2 fully saturated rings. The molecule has 75 heavy (non-hydrogen) atoms. The number of pyridine rings is 2. The van der Waals surface area contributed by atoms with Crippen molar-refractivity contribution < 1.29 is 35.9 Å². The fourth-order valence-electron chi connectivity index (χ4n) is 8.37. The van der Waals surface area contributed by atoms with Crippen molar-refractivity contribution in [2.45, 2.75) is 110 Å². The van der Waals surface area contributed by atoms with Crippen LogP contribution in [0.4, 0.5) is 5.82 Å². The molecule has 2 amide bonds. The van der Waals surface area contributed by atoms with Crippen molar-refractivity contribution in [2.75, 3.05) is 28.9 Å². The Morgan fingerprint density at radius 2 is 1.11 bits per heavy atom. The minimum absolute atomic E-state index is 0.0214. The number of sulfonamides is 2. The Hall–Kier alpha value is -5.26. The molecular weight excluding hydrogens is 1140 g/mol. The van der Waals surface area contributed by atoms with Crippen molar-refractivity contribution in [3.05, 3.63) is 126 Å². The molecular formula is C52H71ClGe2N10O8S2. The van der Waals surface area contributed by atoms with Crippen LogP contribution in [0.25, 0.3) is 11.6 Å². The molecule has 0 bridgehead atoms. The molecule has 0 saturated carbocycles. The van der Waals surface area contributed by atoms with E-state index in [2.05, 4.69) is 106 Å². The van der Waals surface area contributed by atoms with Gasteiger partial charge >= 0.3 is 318 Å². The summed E-state index contributed by atoms with van der Waals surface area (Å²) in [6.07, 6.45) is 5.69. The first-order valence-electron chi connectivity index (χ1n) is 24.7. The van der Waals surface area contributed by atoms with Gasteiger partial charge < -0.3 is 5.32 Å². The molecule has 2 aromatic carbocycles. The quantitative estimate of drug-likeness (QED) is 0.0646. The van der Waals surface area contributed by atoms with Gasteiger partial charge in [-0.15, -0.1) is 0 Å². The number of amides is 2. The van der Waals surface area contributed by atoms with E-state index in [-0.39, 0.29) is 31.6 Å². The SMILES string of the molecule is C[C@@H]1CN(c2nc(-n3ccc(O[CH2][Ge]([CH3])([CH3])[CH3])n3)ccc2C(=O)NS(=O)(=O)c2ccccc2)C(C)(C)C1.C[C@@H]1CNC(C)(C)C1.[CH3][Ge]([CH3])([CH3])[CH2]Oc1ccn(-c2ccc(C(=O)NS(=O)(=O)c3ccccc3)c(Cl)n2)n1. The van der Waals surface area contributed by atoms with Crippen LogP contribution in [-0.2, 0) is 20.0 Å². The first kappa shape index (κ1) is 59.0. The van der Waals surface area contributed by atoms with E-state index >= 15 is 0 Å². The summed E-state index contributed by atoms with van der Waals surface area (Å²) in [4.78, 5) is 36.8. The van der Waals surface area contributed by atoms with Gasteiger partial charge in [0, 0.05) is 5.54 Å². The van der Waals surface area contributed by atoms with Crippen LogP contribution in [0.1, 0.15) is 75.1 Å². The van der Waals surface area contributed by atoms with Crippen LogP contribution in [0.3, 0.4) is 0 Å². The molecule has 0 radical (unpaired) electrons. The van der Waals surface area contributed by atoms with Gasteiger partial charge in [0.15, 0.2) is 0 Å². The number of hydrogen-bond acceptors (Lipinski definition) is 14. The zero-order valence-electron chi connectivity index (χ0n) is 44.9. The Bertz CT molecular complexity index is 3160. The van der Waals surface area contributed by atoms with E-state index in [4.69, 9.17) is 26.1 Å². The summed E-state index contributed by atoms with van der Waals surface area (Å²) in [5, 5.41) is 12.1. The summed E-state index contributed by atoms with van der Waals surface area (Å²) in [5.74, 6) is 15.5. The fraction of sp³-hybridized carbons (Fsp3) is 0.423. The number of nitrogens with one attached hydrogen (secondary N) is 3. The standard InChI is InChI=1S/C26H35GeN5O4S.C19H21ClGeN4O4S.C7H15N/c1-19-16-26(2,3)31(17-19)24-21(25(33)30-37(34,35)20-10-8-7-9-11-20)12-13-22(28-24)32-15-14-23(29-32)36-18-27(4,5)6;1-21(2,3)13-29-17-11-12-25(23-17)16-10-9-15(18(20)22-16)19(26)24-30(27,28)14-7-5-4-6-8-14;1-6-4-7(2,3)8-5-6/h7-15,19H,16-18H2,1-6H3,(H,30,33);4-12H,13H2,1-3H3,(H,24,26);6,8H,4-5H2,1-3H3/t19-;;6-/m0.0/s1. The Balaban J connectivity index is 0.000000215. The first-order chi connectivity index (χ1) is 34.9. The van der Waals surface area contributed by atoms with Gasteiger partial charge in [-0.05, 0) is 57.0 Å². The second-order valence-corrected chi connectivity index (χ2v) is 49.2. The number of hydrogen-bond donors (Lipinski definition) is 3. The van der Waals surface area contributed by atoms with Gasteiger partial charge in [0.25, 0.3) is 0 Å². The molecule has 2 aliphatic rings. The third kappa shape index (κ3) is 16.9. The minimum atomic E-state index is -4.04. The van der Waals surface area contributed by atoms with Crippen molar-refractivity contribution in [1.82, 2.24) is 44.3 Å². The second-order valence-electron chi connectivity index (χ2n) is 22.7. The predicted molar refractivity (Wildman–Crippen MR) is 299 cm³/mol. The van der Waals surface area contributed by atoms with Crippen molar-refractivity contribution >= 4 is 75.8 Å². The molecule has 2 saturated heterocycles. The van der Waals surface area contributed by atoms with Gasteiger partial charge in [-0.1, -0.05) is 43.3 Å². The Morgan fingerprint density at radius 1 is 0.653 bits per heavy atom. The van der Waals surface area contributed by atoms with Gasteiger partial charge in [-0.2, -0.15) is 0 Å². The van der Waals surface area contributed by atoms with Gasteiger partial charge in [0.1, 0.15) is 0 Å². The molecule has 23 heteroatoms. The topological polar surface area (TPSA) is 222 Å². The van der Waals surface area contributed by atoms with E-state index in [1.807, 2.05) is 4.72 Å². The molecule has 2 aliphatic heterocycles. The third-order valence-corrected chi connectivity index (χ3v) is 19.0. The van der Waals surface area contributed by atoms with Crippen LogP contribution in [0.2, 0.25) is 39.7 Å². The molecule has 404 valence electrons. The van der Waals surface area contributed by atoms with E-state index < -0.39 is 58.4 Å². The number of halogens is 1. The van der Waals surface area contributed by atoms with E-state index in [1.54, 1.807) is 77.7 Å². The van der Waals surface area contributed by atoms with Gasteiger partial charge in [-0.25, -0.2) is 16.8 Å². The summed E-state index contributed by atoms with van der Waals surface area (Å²) < 4.78 is 69.3. The number of carbonyl (C=O) groups is 2. The number of nitrogens with zero attached hydrogens (tertiary/aromatic N) is 7. The molecule has 2 atom stereocenters. The molecule has 0 spiro atoms. The summed E-state index contributed by atoms with van der Waals surface area (Å²) in [6.45, 7) is 15.1. The number of aromatic nitrogens is 6. The van der Waals surface area contributed by atoms with Crippen LogP contribution < -0.4 is 29.1 Å². The first-order valence-corrected chi connectivity index (χ1v) is 43.6. The van der Waals surface area contributed by atoms with Gasteiger partial charge in [0.2, 0.25) is 0 Å². The molecule has 0 aliphatic carbocycles. The van der Waals surface area contributed by atoms with Crippen LogP contribution in [-0.4, -0.2) is 120 Å². The molecule has 0 unspecified atom stereocenters. The molecule has 6 heterocycles. The second kappa shape index (κ2) is 24.0. The molecule has 18 nitrogen and oxygen atoms in total. The van der Waals surface area contributed by atoms with E-state index in [9.17, 15) is 26.4 Å². The fourth-order valence-corrected chi connectivity index (χ4v) is 13.0. The van der Waals surface area contributed by atoms with Gasteiger partial charge in [0.05, 0.1) is 9.79 Å². The van der Waals surface area contributed by atoms with E-state index in [0.717, 1.165) is 12.3 Å². The summed E-state index contributed by atoms with van der Waals surface area (Å²) in [5.41, 5.74) is 1.65. The maximum absolute atomic E-state index is 13.3. The number of ether oxygens (including phenoxy) is 2. The number of benzene rings is 2. The Morgan fingerprint density at radius 3 is 1.49 bits per heavy atom. The van der Waals surface area contributed by atoms with Crippen molar-refractivity contribution in [2.24, 2.45) is 11.8 Å². The molecule has 4 aromatic heterocycles. The van der Waals surface area contributed by atoms with Crippen LogP contribution >= 0.6 is 11.6 Å². The molecule has 8 rings (SSSR count). The summed E-state index contributed by atoms with van der Waals surface area (Å²) >= 11 is 2.38. The number of rotatable bonds is 15.